The summed E-state index contributed by atoms with van der Waals surface area (Å²) in [5.41, 5.74) is 0. The number of nitrogens with one attached hydrogen (secondary N) is 1. The van der Waals surface area contributed by atoms with E-state index in [9.17, 15) is 0 Å². The minimum absolute atomic E-state index is 0.356. The van der Waals surface area contributed by atoms with E-state index in [1.54, 1.807) is 0 Å². The molecule has 2 fully saturated rings. The summed E-state index contributed by atoms with van der Waals surface area (Å²) in [7, 11) is 2.04. The Hall–Kier alpha value is -0.120. The van der Waals surface area contributed by atoms with Crippen molar-refractivity contribution in [1.82, 2.24) is 5.32 Å². The van der Waals surface area contributed by atoms with Gasteiger partial charge in [-0.1, -0.05) is 12.8 Å². The average molecular weight is 199 g/mol. The summed E-state index contributed by atoms with van der Waals surface area (Å²) in [5.74, 6) is 0. The van der Waals surface area contributed by atoms with Gasteiger partial charge >= 0.3 is 0 Å². The minimum atomic E-state index is 0.356. The second-order valence-electron chi connectivity index (χ2n) is 4.34. The van der Waals surface area contributed by atoms with E-state index < -0.39 is 0 Å². The molecule has 1 N–H and O–H groups in total. The van der Waals surface area contributed by atoms with Crippen molar-refractivity contribution in [3.05, 3.63) is 0 Å². The normalized spacial score (nSPS) is 38.8. The van der Waals surface area contributed by atoms with Gasteiger partial charge in [0.05, 0.1) is 18.8 Å². The molecule has 1 saturated heterocycles. The maximum absolute atomic E-state index is 6.07. The molecule has 2 aliphatic rings. The molecule has 3 nitrogen and oxygen atoms in total. The quantitative estimate of drug-likeness (QED) is 0.743. The Labute approximate surface area is 86.2 Å². The van der Waals surface area contributed by atoms with Crippen molar-refractivity contribution < 1.29 is 9.47 Å². The van der Waals surface area contributed by atoms with Crippen LogP contribution < -0.4 is 5.32 Å². The van der Waals surface area contributed by atoms with Crippen molar-refractivity contribution in [2.45, 2.75) is 50.4 Å². The lowest BCUT2D eigenvalue weighted by Crippen LogP contribution is -2.43. The number of likely N-dealkylation sites (N-methyl/N-ethyl adjacent to an activating group) is 1. The molecule has 3 atom stereocenters. The Morgan fingerprint density at radius 2 is 2.07 bits per heavy atom. The van der Waals surface area contributed by atoms with Gasteiger partial charge in [-0.05, 0) is 26.3 Å². The molecule has 0 spiro atoms. The van der Waals surface area contributed by atoms with Crippen LogP contribution in [0.4, 0.5) is 0 Å². The van der Waals surface area contributed by atoms with E-state index in [0.29, 0.717) is 18.2 Å². The summed E-state index contributed by atoms with van der Waals surface area (Å²) >= 11 is 0. The number of hydrogen-bond acceptors (Lipinski definition) is 3. The Morgan fingerprint density at radius 1 is 1.21 bits per heavy atom. The van der Waals surface area contributed by atoms with Gasteiger partial charge in [-0.3, -0.25) is 0 Å². The van der Waals surface area contributed by atoms with Gasteiger partial charge < -0.3 is 14.8 Å². The van der Waals surface area contributed by atoms with Crippen LogP contribution in [0.1, 0.15) is 32.1 Å². The second kappa shape index (κ2) is 5.10. The SMILES string of the molecule is CNC1CCCCC1OC1CCOC1. The van der Waals surface area contributed by atoms with Gasteiger partial charge in [0.25, 0.3) is 0 Å². The molecule has 1 saturated carbocycles. The molecule has 0 aromatic heterocycles. The molecule has 1 aliphatic heterocycles. The Balaban J connectivity index is 1.81. The molecule has 3 unspecified atom stereocenters. The van der Waals surface area contributed by atoms with E-state index in [2.05, 4.69) is 5.32 Å². The van der Waals surface area contributed by atoms with Crippen LogP contribution in [0.3, 0.4) is 0 Å². The highest BCUT2D eigenvalue weighted by molar-refractivity contribution is 4.82. The number of hydrogen-bond donors (Lipinski definition) is 1. The average Bonchev–Trinajstić information content (AvgIpc) is 2.71. The first-order valence-electron chi connectivity index (χ1n) is 5.80. The molecule has 1 heterocycles. The maximum Gasteiger partial charge on any atom is 0.0834 e. The molecule has 82 valence electrons. The Morgan fingerprint density at radius 3 is 2.79 bits per heavy atom. The van der Waals surface area contributed by atoms with Gasteiger partial charge in [-0.2, -0.15) is 0 Å². The molecule has 0 aromatic carbocycles. The third-order valence-electron chi connectivity index (χ3n) is 3.33. The molecular formula is C11H21NO2. The van der Waals surface area contributed by atoms with Crippen LogP contribution in [0.5, 0.6) is 0 Å². The zero-order chi connectivity index (χ0) is 9.80. The first-order valence-corrected chi connectivity index (χ1v) is 5.80. The van der Waals surface area contributed by atoms with Crippen LogP contribution in [-0.2, 0) is 9.47 Å². The minimum Gasteiger partial charge on any atom is -0.379 e. The third kappa shape index (κ3) is 2.47. The lowest BCUT2D eigenvalue weighted by atomic mass is 9.92. The molecule has 0 amide bonds. The standard InChI is InChI=1S/C11H21NO2/c1-12-10-4-2-3-5-11(10)14-9-6-7-13-8-9/h9-12H,2-8H2,1H3. The van der Waals surface area contributed by atoms with Gasteiger partial charge in [-0.15, -0.1) is 0 Å². The van der Waals surface area contributed by atoms with Crippen molar-refractivity contribution in [2.75, 3.05) is 20.3 Å². The van der Waals surface area contributed by atoms with Gasteiger partial charge in [-0.25, -0.2) is 0 Å². The lowest BCUT2D eigenvalue weighted by Gasteiger charge is -2.32. The van der Waals surface area contributed by atoms with E-state index in [4.69, 9.17) is 9.47 Å². The predicted octanol–water partition coefficient (Wildman–Crippen LogP) is 1.32. The van der Waals surface area contributed by atoms with E-state index in [-0.39, 0.29) is 0 Å². The maximum atomic E-state index is 6.07. The van der Waals surface area contributed by atoms with Crippen molar-refractivity contribution in [3.8, 4) is 0 Å². The summed E-state index contributed by atoms with van der Waals surface area (Å²) < 4.78 is 11.4. The topological polar surface area (TPSA) is 30.5 Å². The summed E-state index contributed by atoms with van der Waals surface area (Å²) in [6.07, 6.45) is 6.97. The highest BCUT2D eigenvalue weighted by atomic mass is 16.6. The van der Waals surface area contributed by atoms with Gasteiger partial charge in [0, 0.05) is 12.6 Å². The fraction of sp³-hybridized carbons (Fsp3) is 1.00. The van der Waals surface area contributed by atoms with Crippen LogP contribution in [0, 0.1) is 0 Å². The van der Waals surface area contributed by atoms with E-state index in [1.165, 1.54) is 25.7 Å². The van der Waals surface area contributed by atoms with E-state index >= 15 is 0 Å². The summed E-state index contributed by atoms with van der Waals surface area (Å²) in [6.45, 7) is 1.68. The third-order valence-corrected chi connectivity index (χ3v) is 3.33. The van der Waals surface area contributed by atoms with Gasteiger partial charge in [0.1, 0.15) is 0 Å². The predicted molar refractivity (Wildman–Crippen MR) is 55.4 cm³/mol. The van der Waals surface area contributed by atoms with Crippen LogP contribution in [0.15, 0.2) is 0 Å². The highest BCUT2D eigenvalue weighted by Crippen LogP contribution is 2.24. The summed E-state index contributed by atoms with van der Waals surface area (Å²) in [4.78, 5) is 0. The molecule has 1 aliphatic carbocycles. The van der Waals surface area contributed by atoms with Crippen molar-refractivity contribution >= 4 is 0 Å². The Bertz CT molecular complexity index is 169. The zero-order valence-electron chi connectivity index (χ0n) is 9.00. The fourth-order valence-electron chi connectivity index (χ4n) is 2.46. The molecule has 0 bridgehead atoms. The first-order chi connectivity index (χ1) is 6.90. The van der Waals surface area contributed by atoms with Crippen LogP contribution in [0.25, 0.3) is 0 Å². The van der Waals surface area contributed by atoms with Crippen molar-refractivity contribution in [3.63, 3.8) is 0 Å². The summed E-state index contributed by atoms with van der Waals surface area (Å²) in [6, 6.07) is 0.560. The van der Waals surface area contributed by atoms with Gasteiger partial charge in [0.15, 0.2) is 0 Å². The number of ether oxygens (including phenoxy) is 2. The fourth-order valence-corrected chi connectivity index (χ4v) is 2.46. The van der Waals surface area contributed by atoms with Crippen LogP contribution in [0.2, 0.25) is 0 Å². The molecule has 14 heavy (non-hydrogen) atoms. The van der Waals surface area contributed by atoms with Gasteiger partial charge in [0.2, 0.25) is 0 Å². The largest absolute Gasteiger partial charge is 0.379 e. The van der Waals surface area contributed by atoms with Crippen LogP contribution in [-0.4, -0.2) is 38.5 Å². The lowest BCUT2D eigenvalue weighted by molar-refractivity contribution is -0.0468. The molecule has 3 heteroatoms. The molecule has 0 radical (unpaired) electrons. The first kappa shape index (κ1) is 10.4. The van der Waals surface area contributed by atoms with E-state index in [1.807, 2.05) is 7.05 Å². The zero-order valence-corrected chi connectivity index (χ0v) is 9.00. The molecule has 0 aromatic rings. The number of rotatable bonds is 3. The summed E-state index contributed by atoms with van der Waals surface area (Å²) in [5, 5.41) is 3.36. The molecule has 2 rings (SSSR count). The highest BCUT2D eigenvalue weighted by Gasteiger charge is 2.28. The second-order valence-corrected chi connectivity index (χ2v) is 4.34. The van der Waals surface area contributed by atoms with Crippen molar-refractivity contribution in [1.29, 1.82) is 0 Å². The van der Waals surface area contributed by atoms with Crippen molar-refractivity contribution in [2.24, 2.45) is 0 Å². The Kier molecular flexibility index (Phi) is 3.79. The monoisotopic (exact) mass is 199 g/mol. The van der Waals surface area contributed by atoms with Crippen LogP contribution >= 0.6 is 0 Å². The smallest absolute Gasteiger partial charge is 0.0834 e. The van der Waals surface area contributed by atoms with E-state index in [0.717, 1.165) is 19.6 Å². The molecular weight excluding hydrogens is 178 g/mol.